The van der Waals surface area contributed by atoms with Crippen LogP contribution in [-0.4, -0.2) is 50.0 Å². The lowest BCUT2D eigenvalue weighted by Crippen LogP contribution is -2.07. The van der Waals surface area contributed by atoms with Crippen LogP contribution in [0.25, 0.3) is 0 Å². The van der Waals surface area contributed by atoms with Crippen molar-refractivity contribution in [1.29, 1.82) is 0 Å². The molecular formula is C18H20N2O6. The molecule has 138 valence electrons. The number of aromatic nitrogens is 2. The fraction of sp³-hybridized carbons (Fsp3) is 0.333. The van der Waals surface area contributed by atoms with E-state index >= 15 is 0 Å². The molecule has 2 heterocycles. The number of hydrogen-bond acceptors (Lipinski definition) is 8. The van der Waals surface area contributed by atoms with E-state index in [-0.39, 0.29) is 36.2 Å². The smallest absolute Gasteiger partial charge is 0.256 e. The zero-order valence-electron chi connectivity index (χ0n) is 15.1. The maximum Gasteiger partial charge on any atom is 0.256 e. The Morgan fingerprint density at radius 1 is 0.731 bits per heavy atom. The number of carbonyl (C=O) groups is 2. The van der Waals surface area contributed by atoms with E-state index in [1.165, 1.54) is 53.0 Å². The highest BCUT2D eigenvalue weighted by atomic mass is 16.5. The van der Waals surface area contributed by atoms with Crippen molar-refractivity contribution in [3.05, 3.63) is 35.7 Å². The first-order valence-electron chi connectivity index (χ1n) is 7.76. The van der Waals surface area contributed by atoms with Gasteiger partial charge in [0.1, 0.15) is 0 Å². The van der Waals surface area contributed by atoms with E-state index in [2.05, 4.69) is 9.97 Å². The normalized spacial score (nSPS) is 10.2. The van der Waals surface area contributed by atoms with Crippen LogP contribution in [0.4, 0.5) is 0 Å². The zero-order chi connectivity index (χ0) is 19.1. The Kier molecular flexibility index (Phi) is 6.48. The fourth-order valence-corrected chi connectivity index (χ4v) is 2.28. The first kappa shape index (κ1) is 19.2. The van der Waals surface area contributed by atoms with Crippen LogP contribution in [0.15, 0.2) is 24.5 Å². The van der Waals surface area contributed by atoms with Crippen molar-refractivity contribution in [2.45, 2.75) is 12.8 Å². The summed E-state index contributed by atoms with van der Waals surface area (Å²) in [7, 11) is 5.84. The van der Waals surface area contributed by atoms with E-state index in [9.17, 15) is 9.59 Å². The number of methoxy groups -OCH3 is 4. The molecule has 0 atom stereocenters. The minimum atomic E-state index is -0.222. The number of nitrogens with zero attached hydrogens (tertiary/aromatic N) is 2. The topological polar surface area (TPSA) is 96.8 Å². The average molecular weight is 360 g/mol. The highest BCUT2D eigenvalue weighted by molar-refractivity contribution is 6.02. The van der Waals surface area contributed by atoms with Crippen LogP contribution in [0.1, 0.15) is 33.6 Å². The summed E-state index contributed by atoms with van der Waals surface area (Å²) in [5.74, 6) is 0.844. The fourth-order valence-electron chi connectivity index (χ4n) is 2.28. The Morgan fingerprint density at radius 3 is 1.42 bits per heavy atom. The van der Waals surface area contributed by atoms with Gasteiger partial charge in [-0.15, -0.1) is 0 Å². The number of pyridine rings is 2. The molecule has 0 spiro atoms. The summed E-state index contributed by atoms with van der Waals surface area (Å²) < 4.78 is 20.3. The second-order valence-electron chi connectivity index (χ2n) is 5.22. The Balaban J connectivity index is 2.06. The second kappa shape index (κ2) is 8.80. The minimum Gasteiger partial charge on any atom is -0.491 e. The van der Waals surface area contributed by atoms with Gasteiger partial charge in [-0.2, -0.15) is 0 Å². The molecule has 2 rings (SSSR count). The lowest BCUT2D eigenvalue weighted by Gasteiger charge is -2.09. The van der Waals surface area contributed by atoms with Gasteiger partial charge in [-0.05, 0) is 12.1 Å². The molecule has 0 aromatic carbocycles. The molecule has 0 aliphatic carbocycles. The molecule has 0 aliphatic heterocycles. The monoisotopic (exact) mass is 360 g/mol. The third-order valence-corrected chi connectivity index (χ3v) is 3.69. The quantitative estimate of drug-likeness (QED) is 0.629. The summed E-state index contributed by atoms with van der Waals surface area (Å²) in [5.41, 5.74) is 0.696. The lowest BCUT2D eigenvalue weighted by atomic mass is 10.0. The Labute approximate surface area is 151 Å². The summed E-state index contributed by atoms with van der Waals surface area (Å²) in [6.45, 7) is 0. The molecular weight excluding hydrogens is 340 g/mol. The van der Waals surface area contributed by atoms with Crippen LogP contribution in [0.2, 0.25) is 0 Å². The van der Waals surface area contributed by atoms with Gasteiger partial charge in [-0.25, -0.2) is 9.97 Å². The van der Waals surface area contributed by atoms with E-state index in [0.717, 1.165) is 0 Å². The largest absolute Gasteiger partial charge is 0.491 e. The van der Waals surface area contributed by atoms with Gasteiger partial charge in [0.25, 0.3) is 11.8 Å². The van der Waals surface area contributed by atoms with Crippen LogP contribution in [0.5, 0.6) is 23.3 Å². The molecule has 0 bridgehead atoms. The summed E-state index contributed by atoms with van der Waals surface area (Å²) in [4.78, 5) is 32.7. The summed E-state index contributed by atoms with van der Waals surface area (Å²) in [6.07, 6.45) is 2.85. The number of hydrogen-bond donors (Lipinski definition) is 0. The van der Waals surface area contributed by atoms with Gasteiger partial charge >= 0.3 is 0 Å². The highest BCUT2D eigenvalue weighted by Crippen LogP contribution is 2.26. The van der Waals surface area contributed by atoms with Crippen molar-refractivity contribution in [2.75, 3.05) is 28.4 Å². The van der Waals surface area contributed by atoms with Crippen LogP contribution in [0, 0.1) is 0 Å². The molecule has 0 unspecified atom stereocenters. The minimum absolute atomic E-state index is 0.0321. The summed E-state index contributed by atoms with van der Waals surface area (Å²) in [6, 6.07) is 3.08. The molecule has 0 fully saturated rings. The van der Waals surface area contributed by atoms with Gasteiger partial charge in [0.2, 0.25) is 0 Å². The van der Waals surface area contributed by atoms with Crippen molar-refractivity contribution in [3.8, 4) is 23.3 Å². The van der Waals surface area contributed by atoms with E-state index in [1.54, 1.807) is 0 Å². The first-order valence-corrected chi connectivity index (χ1v) is 7.76. The van der Waals surface area contributed by atoms with E-state index in [4.69, 9.17) is 18.9 Å². The van der Waals surface area contributed by atoms with Gasteiger partial charge in [-0.1, -0.05) is 0 Å². The molecule has 0 aliphatic rings. The summed E-state index contributed by atoms with van der Waals surface area (Å²) >= 11 is 0. The number of ether oxygens (including phenoxy) is 4. The van der Waals surface area contributed by atoms with Gasteiger partial charge in [0.15, 0.2) is 23.1 Å². The van der Waals surface area contributed by atoms with Crippen LogP contribution in [0.3, 0.4) is 0 Å². The second-order valence-corrected chi connectivity index (χ2v) is 5.22. The Hall–Kier alpha value is -3.16. The van der Waals surface area contributed by atoms with Crippen molar-refractivity contribution >= 4 is 11.6 Å². The number of rotatable bonds is 9. The first-order chi connectivity index (χ1) is 12.5. The van der Waals surface area contributed by atoms with Crippen LogP contribution < -0.4 is 18.9 Å². The number of ketones is 2. The van der Waals surface area contributed by atoms with Crippen molar-refractivity contribution in [1.82, 2.24) is 9.97 Å². The number of carbonyl (C=O) groups excluding carboxylic acids is 2. The molecule has 0 amide bonds. The molecule has 0 radical (unpaired) electrons. The van der Waals surface area contributed by atoms with Crippen molar-refractivity contribution in [2.24, 2.45) is 0 Å². The molecule has 0 saturated carbocycles. The maximum absolute atomic E-state index is 12.3. The van der Waals surface area contributed by atoms with Gasteiger partial charge in [-0.3, -0.25) is 9.59 Å². The molecule has 0 N–H and O–H groups in total. The molecule has 26 heavy (non-hydrogen) atoms. The molecule has 2 aromatic heterocycles. The third-order valence-electron chi connectivity index (χ3n) is 3.69. The van der Waals surface area contributed by atoms with E-state index in [1.807, 2.05) is 0 Å². The van der Waals surface area contributed by atoms with E-state index in [0.29, 0.717) is 22.6 Å². The molecule has 8 nitrogen and oxygen atoms in total. The van der Waals surface area contributed by atoms with Gasteiger partial charge in [0, 0.05) is 36.4 Å². The predicted molar refractivity (Wildman–Crippen MR) is 92.6 cm³/mol. The van der Waals surface area contributed by atoms with E-state index < -0.39 is 0 Å². The molecule has 8 heteroatoms. The Morgan fingerprint density at radius 2 is 1.12 bits per heavy atom. The SMILES string of the molecule is COc1cc(C(=O)CCC(=O)c2cnc(OC)c(OC)c2)cnc1OC. The predicted octanol–water partition coefficient (Wildman–Crippen LogP) is 2.36. The van der Waals surface area contributed by atoms with Crippen LogP contribution in [-0.2, 0) is 0 Å². The third kappa shape index (κ3) is 4.27. The van der Waals surface area contributed by atoms with Crippen molar-refractivity contribution in [3.63, 3.8) is 0 Å². The van der Waals surface area contributed by atoms with Crippen molar-refractivity contribution < 1.29 is 28.5 Å². The van der Waals surface area contributed by atoms with Gasteiger partial charge < -0.3 is 18.9 Å². The zero-order valence-corrected chi connectivity index (χ0v) is 15.1. The maximum atomic E-state index is 12.3. The molecule has 0 saturated heterocycles. The standard InChI is InChI=1S/C18H20N2O6/c1-23-15-7-11(9-19-17(15)25-3)13(21)5-6-14(22)12-8-16(24-2)18(26-4)20-10-12/h7-10H,5-6H2,1-4H3. The average Bonchev–Trinajstić information content (AvgIpc) is 2.70. The Bertz CT molecular complexity index is 739. The summed E-state index contributed by atoms with van der Waals surface area (Å²) in [5, 5.41) is 0. The highest BCUT2D eigenvalue weighted by Gasteiger charge is 2.16. The van der Waals surface area contributed by atoms with Crippen LogP contribution >= 0.6 is 0 Å². The lowest BCUT2D eigenvalue weighted by molar-refractivity contribution is 0.0916. The molecule has 2 aromatic rings. The van der Waals surface area contributed by atoms with Gasteiger partial charge in [0.05, 0.1) is 28.4 Å². The number of Topliss-reactive ketones (excluding diaryl/α,β-unsaturated/α-hetero) is 2.